The summed E-state index contributed by atoms with van der Waals surface area (Å²) in [5, 5.41) is 15.2. The number of rotatable bonds is 11. The quantitative estimate of drug-likeness (QED) is 0.284. The first kappa shape index (κ1) is 24.6. The van der Waals surface area contributed by atoms with Gasteiger partial charge in [0, 0.05) is 19.2 Å². The minimum absolute atomic E-state index is 0.103. The monoisotopic (exact) mass is 481 g/mol. The number of para-hydroxylation sites is 1. The van der Waals surface area contributed by atoms with Crippen LogP contribution in [0.2, 0.25) is 0 Å². The van der Waals surface area contributed by atoms with Gasteiger partial charge >= 0.3 is 0 Å². The normalized spacial score (nSPS) is 12.3. The first-order valence-electron chi connectivity index (χ1n) is 11.6. The minimum Gasteiger partial charge on any atom is -0.468 e. The molecule has 0 saturated heterocycles. The summed E-state index contributed by atoms with van der Waals surface area (Å²) in [7, 11) is 0. The number of aliphatic hydroxyl groups is 1. The van der Waals surface area contributed by atoms with E-state index in [-0.39, 0.29) is 5.75 Å². The lowest BCUT2D eigenvalue weighted by Crippen LogP contribution is -2.31. The van der Waals surface area contributed by atoms with Crippen LogP contribution in [0.4, 0.5) is 8.78 Å². The highest BCUT2D eigenvalue weighted by atomic mass is 19.1. The molecule has 1 atom stereocenters. The highest BCUT2D eigenvalue weighted by molar-refractivity contribution is 5.43. The molecule has 35 heavy (non-hydrogen) atoms. The van der Waals surface area contributed by atoms with Crippen molar-refractivity contribution in [1.82, 2.24) is 14.7 Å². The van der Waals surface area contributed by atoms with E-state index < -0.39 is 17.7 Å². The predicted molar refractivity (Wildman–Crippen MR) is 128 cm³/mol. The molecule has 2 heterocycles. The summed E-state index contributed by atoms with van der Waals surface area (Å²) < 4.78 is 41.2. The summed E-state index contributed by atoms with van der Waals surface area (Å²) in [6.07, 6.45) is 2.62. The Bertz CT molecular complexity index is 1230. The van der Waals surface area contributed by atoms with Crippen molar-refractivity contribution in [3.05, 3.63) is 95.6 Å². The van der Waals surface area contributed by atoms with E-state index in [1.54, 1.807) is 10.9 Å². The molecule has 0 fully saturated rings. The van der Waals surface area contributed by atoms with Crippen LogP contribution in [0.3, 0.4) is 0 Å². The summed E-state index contributed by atoms with van der Waals surface area (Å²) in [5.74, 6) is -0.506. The van der Waals surface area contributed by atoms with Gasteiger partial charge in [-0.2, -0.15) is 5.10 Å². The van der Waals surface area contributed by atoms with Gasteiger partial charge in [-0.3, -0.25) is 4.90 Å². The predicted octanol–water partition coefficient (Wildman–Crippen LogP) is 6.01. The standard InChI is InChI=1S/C27H29F2N3O3/c1-3-8-22(33)16-31(17-23-11-7-14-34-23)18-24-19(2)30-32(21-9-5-4-6-10-21)27(24)35-26-13-12-20(28)15-25(26)29/h4-7,9-15,22,33H,3,8,16-18H2,1-2H3/t22-/m1/s1. The van der Waals surface area contributed by atoms with Gasteiger partial charge in [-0.25, -0.2) is 13.5 Å². The molecule has 2 aromatic heterocycles. The lowest BCUT2D eigenvalue weighted by molar-refractivity contribution is 0.0926. The number of furan rings is 1. The minimum atomic E-state index is -0.805. The highest BCUT2D eigenvalue weighted by Gasteiger charge is 2.24. The number of hydrogen-bond acceptors (Lipinski definition) is 5. The van der Waals surface area contributed by atoms with Crippen LogP contribution in [0.1, 0.15) is 36.8 Å². The fraction of sp³-hybridized carbons (Fsp3) is 0.296. The smallest absolute Gasteiger partial charge is 0.227 e. The van der Waals surface area contributed by atoms with Crippen molar-refractivity contribution in [2.75, 3.05) is 6.54 Å². The molecule has 0 saturated carbocycles. The average Bonchev–Trinajstić information content (AvgIpc) is 3.45. The number of aromatic nitrogens is 2. The van der Waals surface area contributed by atoms with Gasteiger partial charge < -0.3 is 14.3 Å². The molecule has 0 spiro atoms. The Morgan fingerprint density at radius 2 is 1.89 bits per heavy atom. The average molecular weight is 482 g/mol. The van der Waals surface area contributed by atoms with Gasteiger partial charge in [-0.05, 0) is 49.7 Å². The summed E-state index contributed by atoms with van der Waals surface area (Å²) in [6.45, 7) is 5.13. The molecule has 184 valence electrons. The van der Waals surface area contributed by atoms with Gasteiger partial charge in [0.25, 0.3) is 0 Å². The second-order valence-electron chi connectivity index (χ2n) is 8.48. The molecule has 4 rings (SSSR count). The van der Waals surface area contributed by atoms with E-state index in [4.69, 9.17) is 9.15 Å². The summed E-state index contributed by atoms with van der Waals surface area (Å²) in [4.78, 5) is 2.05. The van der Waals surface area contributed by atoms with Crippen LogP contribution in [0, 0.1) is 18.6 Å². The van der Waals surface area contributed by atoms with E-state index in [1.807, 2.05) is 61.2 Å². The topological polar surface area (TPSA) is 63.7 Å². The van der Waals surface area contributed by atoms with E-state index in [9.17, 15) is 13.9 Å². The summed E-state index contributed by atoms with van der Waals surface area (Å²) in [6, 6.07) is 16.3. The van der Waals surface area contributed by atoms with E-state index in [0.717, 1.165) is 35.6 Å². The van der Waals surface area contributed by atoms with Crippen molar-refractivity contribution in [3.8, 4) is 17.3 Å². The van der Waals surface area contributed by atoms with Crippen molar-refractivity contribution in [3.63, 3.8) is 0 Å². The molecule has 0 aliphatic rings. The molecule has 6 nitrogen and oxygen atoms in total. The Morgan fingerprint density at radius 3 is 2.57 bits per heavy atom. The van der Waals surface area contributed by atoms with Crippen LogP contribution in [0.25, 0.3) is 5.69 Å². The fourth-order valence-electron chi connectivity index (χ4n) is 3.99. The van der Waals surface area contributed by atoms with Crippen molar-refractivity contribution in [2.24, 2.45) is 0 Å². The van der Waals surface area contributed by atoms with Crippen LogP contribution in [-0.4, -0.2) is 32.4 Å². The Labute approximate surface area is 203 Å². The molecule has 4 aromatic rings. The first-order chi connectivity index (χ1) is 16.9. The zero-order chi connectivity index (χ0) is 24.8. The zero-order valence-corrected chi connectivity index (χ0v) is 19.8. The lowest BCUT2D eigenvalue weighted by atomic mass is 10.1. The molecule has 0 aliphatic heterocycles. The molecular formula is C27H29F2N3O3. The van der Waals surface area contributed by atoms with Crippen molar-refractivity contribution < 1.29 is 23.0 Å². The largest absolute Gasteiger partial charge is 0.468 e. The molecule has 8 heteroatoms. The van der Waals surface area contributed by atoms with Gasteiger partial charge in [0.2, 0.25) is 5.88 Å². The molecule has 1 N–H and O–H groups in total. The molecule has 0 bridgehead atoms. The Hall–Kier alpha value is -3.49. The second kappa shape index (κ2) is 11.3. The van der Waals surface area contributed by atoms with E-state index >= 15 is 0 Å². The number of benzene rings is 2. The molecular weight excluding hydrogens is 452 g/mol. The summed E-state index contributed by atoms with van der Waals surface area (Å²) in [5.41, 5.74) is 2.16. The second-order valence-corrected chi connectivity index (χ2v) is 8.48. The van der Waals surface area contributed by atoms with Gasteiger partial charge in [-0.15, -0.1) is 0 Å². The van der Waals surface area contributed by atoms with Crippen LogP contribution >= 0.6 is 0 Å². The van der Waals surface area contributed by atoms with Gasteiger partial charge in [-0.1, -0.05) is 31.5 Å². The number of aliphatic hydroxyl groups excluding tert-OH is 1. The number of nitrogens with zero attached hydrogens (tertiary/aromatic N) is 3. The van der Waals surface area contributed by atoms with E-state index in [0.29, 0.717) is 37.6 Å². The van der Waals surface area contributed by atoms with Crippen LogP contribution in [-0.2, 0) is 13.1 Å². The van der Waals surface area contributed by atoms with E-state index in [1.165, 1.54) is 6.07 Å². The fourth-order valence-corrected chi connectivity index (χ4v) is 3.99. The lowest BCUT2D eigenvalue weighted by Gasteiger charge is -2.24. The highest BCUT2D eigenvalue weighted by Crippen LogP contribution is 2.33. The number of hydrogen-bond donors (Lipinski definition) is 1. The molecule has 0 unspecified atom stereocenters. The Morgan fingerprint density at radius 1 is 1.09 bits per heavy atom. The van der Waals surface area contributed by atoms with Crippen molar-refractivity contribution >= 4 is 0 Å². The third-order valence-corrected chi connectivity index (χ3v) is 5.67. The van der Waals surface area contributed by atoms with Gasteiger partial charge in [0.1, 0.15) is 11.6 Å². The first-order valence-corrected chi connectivity index (χ1v) is 11.6. The van der Waals surface area contributed by atoms with Gasteiger partial charge in [0.15, 0.2) is 11.6 Å². The maximum absolute atomic E-state index is 14.5. The van der Waals surface area contributed by atoms with Crippen LogP contribution in [0.5, 0.6) is 11.6 Å². The zero-order valence-electron chi connectivity index (χ0n) is 19.8. The van der Waals surface area contributed by atoms with Crippen LogP contribution < -0.4 is 4.74 Å². The number of halogens is 2. The molecule has 0 aliphatic carbocycles. The van der Waals surface area contributed by atoms with Crippen LogP contribution in [0.15, 0.2) is 71.3 Å². The Kier molecular flexibility index (Phi) is 7.94. The number of aryl methyl sites for hydroxylation is 1. The van der Waals surface area contributed by atoms with Gasteiger partial charge in [0.05, 0.1) is 35.9 Å². The third kappa shape index (κ3) is 6.15. The van der Waals surface area contributed by atoms with Crippen molar-refractivity contribution in [1.29, 1.82) is 0 Å². The summed E-state index contributed by atoms with van der Waals surface area (Å²) >= 11 is 0. The number of ether oxygens (including phenoxy) is 1. The molecule has 2 aromatic carbocycles. The maximum atomic E-state index is 14.5. The molecule has 0 radical (unpaired) electrons. The van der Waals surface area contributed by atoms with Crippen molar-refractivity contribution in [2.45, 2.75) is 45.9 Å². The third-order valence-electron chi connectivity index (χ3n) is 5.67. The maximum Gasteiger partial charge on any atom is 0.227 e. The molecule has 0 amide bonds. The SMILES string of the molecule is CCC[C@@H](O)CN(Cc1ccco1)Cc1c(C)nn(-c2ccccc2)c1Oc1ccc(F)cc1F. The van der Waals surface area contributed by atoms with E-state index in [2.05, 4.69) is 5.10 Å². The Balaban J connectivity index is 1.73.